The standard InChI is InChI=1S/C27H38N6O6S3/c1-8-32(9-2)42(37,38)22-12-10-11-21(15-22)26-29-30-27(33(26)20(4)17-39-7)40-18-25(34)28-24-16-23(14-13-19(24)3)41(35,36)31(5)6/h10-16,20H,8-9,17-18H2,1-7H3,(H,28,34)/t20-/m0/s1. The third-order valence-electron chi connectivity index (χ3n) is 6.54. The molecule has 1 heterocycles. The van der Waals surface area contributed by atoms with E-state index in [-0.39, 0.29) is 27.5 Å². The van der Waals surface area contributed by atoms with Gasteiger partial charge in [-0.25, -0.2) is 21.1 Å². The number of carbonyl (C=O) groups excluding carboxylic acids is 1. The maximum absolute atomic E-state index is 13.1. The number of rotatable bonds is 14. The zero-order chi connectivity index (χ0) is 31.2. The fourth-order valence-electron chi connectivity index (χ4n) is 4.22. The van der Waals surface area contributed by atoms with E-state index in [9.17, 15) is 21.6 Å². The Balaban J connectivity index is 1.89. The molecule has 0 spiro atoms. The highest BCUT2D eigenvalue weighted by Gasteiger charge is 2.25. The van der Waals surface area contributed by atoms with Crippen molar-refractivity contribution in [3.05, 3.63) is 48.0 Å². The van der Waals surface area contributed by atoms with Crippen LogP contribution in [-0.2, 0) is 29.6 Å². The van der Waals surface area contributed by atoms with Crippen LogP contribution in [0.15, 0.2) is 57.4 Å². The number of benzene rings is 2. The summed E-state index contributed by atoms with van der Waals surface area (Å²) in [6, 6.07) is 10.9. The van der Waals surface area contributed by atoms with Crippen molar-refractivity contribution in [1.29, 1.82) is 0 Å². The van der Waals surface area contributed by atoms with E-state index in [1.807, 2.05) is 11.5 Å². The highest BCUT2D eigenvalue weighted by atomic mass is 32.2. The number of hydrogen-bond acceptors (Lipinski definition) is 9. The zero-order valence-electron chi connectivity index (χ0n) is 24.9. The molecule has 1 aromatic heterocycles. The summed E-state index contributed by atoms with van der Waals surface area (Å²) in [5.74, 6) is 0.0555. The molecule has 1 atom stereocenters. The van der Waals surface area contributed by atoms with Gasteiger partial charge in [0.15, 0.2) is 11.0 Å². The molecule has 0 aliphatic rings. The quantitative estimate of drug-likeness (QED) is 0.263. The minimum Gasteiger partial charge on any atom is -0.383 e. The molecule has 3 rings (SSSR count). The van der Waals surface area contributed by atoms with Crippen LogP contribution in [0.2, 0.25) is 0 Å². The third kappa shape index (κ3) is 7.38. The summed E-state index contributed by atoms with van der Waals surface area (Å²) in [5, 5.41) is 11.9. The van der Waals surface area contributed by atoms with Gasteiger partial charge in [0.25, 0.3) is 0 Å². The lowest BCUT2D eigenvalue weighted by molar-refractivity contribution is -0.113. The van der Waals surface area contributed by atoms with E-state index in [0.29, 0.717) is 47.5 Å². The van der Waals surface area contributed by atoms with Crippen molar-refractivity contribution < 1.29 is 26.4 Å². The van der Waals surface area contributed by atoms with Crippen molar-refractivity contribution in [1.82, 2.24) is 23.4 Å². The van der Waals surface area contributed by atoms with Crippen molar-refractivity contribution in [2.75, 3.05) is 52.0 Å². The number of sulfonamides is 2. The molecule has 15 heteroatoms. The van der Waals surface area contributed by atoms with Crippen LogP contribution >= 0.6 is 11.8 Å². The maximum Gasteiger partial charge on any atom is 0.243 e. The molecule has 1 amide bonds. The Kier molecular flexibility index (Phi) is 11.3. The molecule has 3 aromatic rings. The molecule has 0 fully saturated rings. The average Bonchev–Trinajstić information content (AvgIpc) is 3.38. The van der Waals surface area contributed by atoms with Gasteiger partial charge < -0.3 is 10.1 Å². The topological polar surface area (TPSA) is 144 Å². The van der Waals surface area contributed by atoms with Crippen molar-refractivity contribution >= 4 is 43.4 Å². The summed E-state index contributed by atoms with van der Waals surface area (Å²) < 4.78 is 61.1. The minimum absolute atomic E-state index is 0.0295. The molecule has 0 unspecified atom stereocenters. The van der Waals surface area contributed by atoms with Gasteiger partial charge >= 0.3 is 0 Å². The number of hydrogen-bond donors (Lipinski definition) is 1. The lowest BCUT2D eigenvalue weighted by atomic mass is 10.2. The zero-order valence-corrected chi connectivity index (χ0v) is 27.3. The molecule has 0 saturated carbocycles. The number of methoxy groups -OCH3 is 1. The number of aryl methyl sites for hydroxylation is 1. The Hall–Kier alpha value is -2.82. The van der Waals surface area contributed by atoms with Crippen molar-refractivity contribution in [2.45, 2.75) is 48.7 Å². The molecule has 0 saturated heterocycles. The Morgan fingerprint density at radius 2 is 1.69 bits per heavy atom. The van der Waals surface area contributed by atoms with E-state index in [2.05, 4.69) is 15.5 Å². The first-order chi connectivity index (χ1) is 19.8. The summed E-state index contributed by atoms with van der Waals surface area (Å²) in [6.07, 6.45) is 0. The van der Waals surface area contributed by atoms with Crippen molar-refractivity contribution in [3.8, 4) is 11.4 Å². The number of nitrogens with zero attached hydrogens (tertiary/aromatic N) is 5. The first-order valence-corrected chi connectivity index (χ1v) is 17.1. The minimum atomic E-state index is -3.69. The van der Waals surface area contributed by atoms with Gasteiger partial charge in [-0.15, -0.1) is 10.2 Å². The van der Waals surface area contributed by atoms with Crippen LogP contribution < -0.4 is 5.32 Å². The number of aromatic nitrogens is 3. The summed E-state index contributed by atoms with van der Waals surface area (Å²) in [7, 11) is -2.89. The van der Waals surface area contributed by atoms with Crippen LogP contribution in [0.5, 0.6) is 0 Å². The monoisotopic (exact) mass is 638 g/mol. The normalized spacial score (nSPS) is 13.1. The SMILES string of the molecule is CCN(CC)S(=O)(=O)c1cccc(-c2nnc(SCC(=O)Nc3cc(S(=O)(=O)N(C)C)ccc3C)n2[C@@H](C)COC)c1. The Labute approximate surface area is 252 Å². The largest absolute Gasteiger partial charge is 0.383 e. The van der Waals surface area contributed by atoms with Crippen molar-refractivity contribution in [3.63, 3.8) is 0 Å². The molecule has 42 heavy (non-hydrogen) atoms. The molecular weight excluding hydrogens is 601 g/mol. The predicted octanol–water partition coefficient (Wildman–Crippen LogP) is 3.47. The molecule has 230 valence electrons. The number of carbonyl (C=O) groups is 1. The lowest BCUT2D eigenvalue weighted by Gasteiger charge is -2.20. The van der Waals surface area contributed by atoms with E-state index in [4.69, 9.17) is 4.74 Å². The second-order valence-corrected chi connectivity index (χ2v) is 14.7. The van der Waals surface area contributed by atoms with Crippen LogP contribution in [-0.4, -0.2) is 92.8 Å². The number of anilines is 1. The van der Waals surface area contributed by atoms with Crippen LogP contribution in [0.25, 0.3) is 11.4 Å². The summed E-state index contributed by atoms with van der Waals surface area (Å²) >= 11 is 1.16. The van der Waals surface area contributed by atoms with E-state index in [1.54, 1.807) is 58.2 Å². The fraction of sp³-hybridized carbons (Fsp3) is 0.444. The maximum atomic E-state index is 13.1. The molecule has 1 N–H and O–H groups in total. The fourth-order valence-corrected chi connectivity index (χ4v) is 7.49. The van der Waals surface area contributed by atoms with Gasteiger partial charge in [-0.3, -0.25) is 9.36 Å². The van der Waals surface area contributed by atoms with Crippen LogP contribution in [0.1, 0.15) is 32.4 Å². The smallest absolute Gasteiger partial charge is 0.243 e. The van der Waals surface area contributed by atoms with Crippen LogP contribution in [0.4, 0.5) is 5.69 Å². The van der Waals surface area contributed by atoms with E-state index in [0.717, 1.165) is 16.1 Å². The third-order valence-corrected chi connectivity index (χ3v) is 11.3. The van der Waals surface area contributed by atoms with E-state index in [1.165, 1.54) is 30.5 Å². The Morgan fingerprint density at radius 1 is 1.02 bits per heavy atom. The second-order valence-electron chi connectivity index (χ2n) is 9.70. The van der Waals surface area contributed by atoms with Gasteiger partial charge in [0.2, 0.25) is 26.0 Å². The van der Waals surface area contributed by atoms with Gasteiger partial charge in [0, 0.05) is 45.5 Å². The molecule has 0 radical (unpaired) electrons. The van der Waals surface area contributed by atoms with Gasteiger partial charge in [-0.1, -0.05) is 43.8 Å². The first-order valence-electron chi connectivity index (χ1n) is 13.3. The predicted molar refractivity (Wildman–Crippen MR) is 164 cm³/mol. The lowest BCUT2D eigenvalue weighted by Crippen LogP contribution is -2.30. The molecule has 0 bridgehead atoms. The van der Waals surface area contributed by atoms with Gasteiger partial charge in [0.1, 0.15) is 0 Å². The highest BCUT2D eigenvalue weighted by Crippen LogP contribution is 2.30. The number of ether oxygens (including phenoxy) is 1. The summed E-state index contributed by atoms with van der Waals surface area (Å²) in [5.41, 5.74) is 1.67. The Bertz CT molecular complexity index is 1620. The van der Waals surface area contributed by atoms with Gasteiger partial charge in [-0.05, 0) is 43.7 Å². The van der Waals surface area contributed by atoms with Crippen LogP contribution in [0.3, 0.4) is 0 Å². The van der Waals surface area contributed by atoms with Gasteiger partial charge in [-0.2, -0.15) is 4.31 Å². The molecule has 12 nitrogen and oxygen atoms in total. The first kappa shape index (κ1) is 33.7. The molecule has 2 aromatic carbocycles. The van der Waals surface area contributed by atoms with Crippen LogP contribution in [0, 0.1) is 6.92 Å². The van der Waals surface area contributed by atoms with E-state index < -0.39 is 20.0 Å². The summed E-state index contributed by atoms with van der Waals surface area (Å²) in [4.78, 5) is 13.2. The van der Waals surface area contributed by atoms with Gasteiger partial charge in [0.05, 0.1) is 28.2 Å². The Morgan fingerprint density at radius 3 is 2.31 bits per heavy atom. The second kappa shape index (κ2) is 14.1. The van der Waals surface area contributed by atoms with Crippen molar-refractivity contribution in [2.24, 2.45) is 0 Å². The summed E-state index contributed by atoms with van der Waals surface area (Å²) in [6.45, 7) is 8.30. The highest BCUT2D eigenvalue weighted by molar-refractivity contribution is 7.99. The molecular formula is C27H38N6O6S3. The number of nitrogens with one attached hydrogen (secondary N) is 1. The molecule has 0 aliphatic heterocycles. The average molecular weight is 639 g/mol. The van der Waals surface area contributed by atoms with E-state index >= 15 is 0 Å². The molecule has 0 aliphatic carbocycles. The number of thioether (sulfide) groups is 1. The number of amides is 1.